The quantitative estimate of drug-likeness (QED) is 0.655. The maximum Gasteiger partial charge on any atom is 0.342 e. The zero-order chi connectivity index (χ0) is 15.4. The Morgan fingerprint density at radius 3 is 2.62 bits per heavy atom. The van der Waals surface area contributed by atoms with Gasteiger partial charge in [-0.3, -0.25) is 0 Å². The van der Waals surface area contributed by atoms with E-state index < -0.39 is 5.97 Å². The van der Waals surface area contributed by atoms with Crippen LogP contribution in [0.2, 0.25) is 5.02 Å². The number of hydrogen-bond donors (Lipinski definition) is 1. The molecule has 0 saturated heterocycles. The summed E-state index contributed by atoms with van der Waals surface area (Å²) in [5, 5.41) is 0.354. The van der Waals surface area contributed by atoms with Crippen molar-refractivity contribution in [2.24, 2.45) is 16.7 Å². The molecule has 2 saturated carbocycles. The summed E-state index contributed by atoms with van der Waals surface area (Å²) in [6.07, 6.45) is 3.24. The smallest absolute Gasteiger partial charge is 0.342 e. The number of nitrogens with two attached hydrogens (primary N) is 1. The molecule has 2 aliphatic rings. The van der Waals surface area contributed by atoms with Crippen LogP contribution in [-0.2, 0) is 4.74 Å². The lowest BCUT2D eigenvalue weighted by molar-refractivity contribution is -0.0241. The van der Waals surface area contributed by atoms with Crippen LogP contribution < -0.4 is 5.73 Å². The van der Waals surface area contributed by atoms with Crippen molar-refractivity contribution in [3.8, 4) is 0 Å². The fourth-order valence-corrected chi connectivity index (χ4v) is 4.51. The third kappa shape index (κ3) is 1.97. The van der Waals surface area contributed by atoms with Gasteiger partial charge in [-0.2, -0.15) is 0 Å². The van der Waals surface area contributed by atoms with Crippen LogP contribution in [0.15, 0.2) is 18.2 Å². The van der Waals surface area contributed by atoms with E-state index >= 15 is 0 Å². The number of rotatable bonds is 2. The topological polar surface area (TPSA) is 52.3 Å². The fourth-order valence-electron chi connectivity index (χ4n) is 4.25. The number of fused-ring (bicyclic) bond motifs is 2. The van der Waals surface area contributed by atoms with Gasteiger partial charge in [0.2, 0.25) is 0 Å². The summed E-state index contributed by atoms with van der Waals surface area (Å²) in [5.41, 5.74) is 6.80. The molecule has 0 aromatic heterocycles. The van der Waals surface area contributed by atoms with Crippen molar-refractivity contribution in [2.45, 2.75) is 46.1 Å². The van der Waals surface area contributed by atoms with Gasteiger partial charge in [-0.25, -0.2) is 4.79 Å². The Bertz CT molecular complexity index is 578. The summed E-state index contributed by atoms with van der Waals surface area (Å²) in [5.74, 6) is 0.233. The van der Waals surface area contributed by atoms with Gasteiger partial charge in [0.1, 0.15) is 11.7 Å². The molecule has 0 heterocycles. The first-order valence-electron chi connectivity index (χ1n) is 7.52. The van der Waals surface area contributed by atoms with Crippen molar-refractivity contribution in [2.75, 3.05) is 5.73 Å². The highest BCUT2D eigenvalue weighted by Crippen LogP contribution is 2.66. The second kappa shape index (κ2) is 4.64. The lowest BCUT2D eigenvalue weighted by Gasteiger charge is -2.38. The maximum absolute atomic E-state index is 12.5. The summed E-state index contributed by atoms with van der Waals surface area (Å²) in [6.45, 7) is 6.83. The number of hydrogen-bond acceptors (Lipinski definition) is 3. The van der Waals surface area contributed by atoms with E-state index in [9.17, 15) is 4.79 Å². The van der Waals surface area contributed by atoms with Crippen LogP contribution in [0.3, 0.4) is 0 Å². The Hall–Kier alpha value is -1.22. The number of halogens is 1. The van der Waals surface area contributed by atoms with E-state index in [0.717, 1.165) is 12.8 Å². The van der Waals surface area contributed by atoms with Crippen molar-refractivity contribution >= 4 is 23.3 Å². The van der Waals surface area contributed by atoms with Gasteiger partial charge in [-0.15, -0.1) is 0 Å². The van der Waals surface area contributed by atoms with Crippen LogP contribution in [0.5, 0.6) is 0 Å². The zero-order valence-electron chi connectivity index (χ0n) is 12.8. The first-order chi connectivity index (χ1) is 9.77. The number of nitrogen functional groups attached to an aromatic ring is 1. The summed E-state index contributed by atoms with van der Waals surface area (Å²) in [4.78, 5) is 12.5. The van der Waals surface area contributed by atoms with Crippen LogP contribution in [-0.4, -0.2) is 12.1 Å². The molecule has 3 unspecified atom stereocenters. The molecule has 0 spiro atoms. The van der Waals surface area contributed by atoms with Crippen molar-refractivity contribution in [1.82, 2.24) is 0 Å². The highest BCUT2D eigenvalue weighted by Gasteiger charge is 2.62. The molecule has 3 atom stereocenters. The van der Waals surface area contributed by atoms with Gasteiger partial charge in [0.05, 0.1) is 5.02 Å². The van der Waals surface area contributed by atoms with Crippen LogP contribution >= 0.6 is 11.6 Å². The molecule has 2 fully saturated rings. The van der Waals surface area contributed by atoms with Gasteiger partial charge in [-0.05, 0) is 42.7 Å². The van der Waals surface area contributed by atoms with Crippen LogP contribution in [0.25, 0.3) is 0 Å². The Kier molecular flexibility index (Phi) is 3.25. The Labute approximate surface area is 130 Å². The summed E-state index contributed by atoms with van der Waals surface area (Å²) >= 11 is 6.10. The number of carbonyl (C=O) groups is 1. The fraction of sp³-hybridized carbons (Fsp3) is 0.588. The molecule has 0 amide bonds. The van der Waals surface area contributed by atoms with Gasteiger partial charge in [0.25, 0.3) is 0 Å². The van der Waals surface area contributed by atoms with Gasteiger partial charge in [-0.1, -0.05) is 38.4 Å². The van der Waals surface area contributed by atoms with Crippen molar-refractivity contribution < 1.29 is 9.53 Å². The zero-order valence-corrected chi connectivity index (χ0v) is 13.5. The summed E-state index contributed by atoms with van der Waals surface area (Å²) < 4.78 is 5.83. The molecule has 0 radical (unpaired) electrons. The molecule has 3 nitrogen and oxygen atoms in total. The average molecular weight is 308 g/mol. The number of esters is 1. The van der Waals surface area contributed by atoms with E-state index in [1.165, 1.54) is 6.42 Å². The lowest BCUT2D eigenvalue weighted by atomic mass is 9.70. The van der Waals surface area contributed by atoms with E-state index in [0.29, 0.717) is 22.2 Å². The van der Waals surface area contributed by atoms with Gasteiger partial charge in [0, 0.05) is 11.1 Å². The average Bonchev–Trinajstić information content (AvgIpc) is 2.71. The Balaban J connectivity index is 1.84. The number of ether oxygens (including phenoxy) is 1. The van der Waals surface area contributed by atoms with Crippen LogP contribution in [0, 0.1) is 16.7 Å². The molecular weight excluding hydrogens is 286 g/mol. The van der Waals surface area contributed by atoms with Gasteiger partial charge in [0.15, 0.2) is 0 Å². The van der Waals surface area contributed by atoms with E-state index in [4.69, 9.17) is 22.1 Å². The third-order valence-corrected chi connectivity index (χ3v) is 6.53. The van der Waals surface area contributed by atoms with Gasteiger partial charge >= 0.3 is 5.97 Å². The van der Waals surface area contributed by atoms with Crippen molar-refractivity contribution in [3.05, 3.63) is 28.8 Å². The number of carbonyl (C=O) groups excluding carboxylic acids is 1. The maximum atomic E-state index is 12.5. The van der Waals surface area contributed by atoms with E-state index in [-0.39, 0.29) is 16.9 Å². The molecule has 1 aromatic rings. The summed E-state index contributed by atoms with van der Waals surface area (Å²) in [7, 11) is 0. The molecule has 0 aliphatic heterocycles. The van der Waals surface area contributed by atoms with E-state index in [1.54, 1.807) is 18.2 Å². The minimum absolute atomic E-state index is 0.0450. The van der Waals surface area contributed by atoms with Crippen LogP contribution in [0.1, 0.15) is 50.4 Å². The lowest BCUT2D eigenvalue weighted by Crippen LogP contribution is -2.38. The molecule has 1 aromatic carbocycles. The molecule has 4 heteroatoms. The SMILES string of the molecule is CC1(C)C2CCC1(C)C(OC(=O)c1c(N)cccc1Cl)C2. The normalized spacial score (nSPS) is 33.1. The highest BCUT2D eigenvalue weighted by molar-refractivity contribution is 6.34. The first-order valence-corrected chi connectivity index (χ1v) is 7.90. The third-order valence-electron chi connectivity index (χ3n) is 6.21. The first kappa shape index (κ1) is 14.7. The molecule has 2 N–H and O–H groups in total. The summed E-state index contributed by atoms with van der Waals surface area (Å²) in [6, 6.07) is 5.08. The number of anilines is 1. The number of benzene rings is 1. The van der Waals surface area contributed by atoms with Crippen molar-refractivity contribution in [3.63, 3.8) is 0 Å². The van der Waals surface area contributed by atoms with Gasteiger partial charge < -0.3 is 10.5 Å². The molecule has 2 bridgehead atoms. The van der Waals surface area contributed by atoms with Crippen molar-refractivity contribution in [1.29, 1.82) is 0 Å². The Morgan fingerprint density at radius 1 is 1.38 bits per heavy atom. The minimum Gasteiger partial charge on any atom is -0.458 e. The predicted molar refractivity (Wildman–Crippen MR) is 84.3 cm³/mol. The molecular formula is C17H22ClNO2. The monoisotopic (exact) mass is 307 g/mol. The molecule has 114 valence electrons. The van der Waals surface area contributed by atoms with E-state index in [2.05, 4.69) is 20.8 Å². The molecule has 3 rings (SSSR count). The Morgan fingerprint density at radius 2 is 2.10 bits per heavy atom. The predicted octanol–water partition coefficient (Wildman–Crippen LogP) is 4.29. The molecule has 21 heavy (non-hydrogen) atoms. The standard InChI is InChI=1S/C17H22ClNO2/c1-16(2)10-7-8-17(16,3)13(9-10)21-15(20)14-11(18)5-4-6-12(14)19/h4-6,10,13H,7-9,19H2,1-3H3. The minimum atomic E-state index is -0.396. The molecule has 2 aliphatic carbocycles. The second-order valence-corrected chi connectivity index (χ2v) is 7.62. The van der Waals surface area contributed by atoms with E-state index in [1.807, 2.05) is 0 Å². The van der Waals surface area contributed by atoms with Crippen LogP contribution in [0.4, 0.5) is 5.69 Å². The largest absolute Gasteiger partial charge is 0.458 e. The second-order valence-electron chi connectivity index (χ2n) is 7.21. The highest BCUT2D eigenvalue weighted by atomic mass is 35.5.